The molecule has 1 aromatic carbocycles. The minimum atomic E-state index is -1.06. The summed E-state index contributed by atoms with van der Waals surface area (Å²) in [6, 6.07) is 3.32. The number of anilines is 1. The predicted molar refractivity (Wildman–Crippen MR) is 71.3 cm³/mol. The van der Waals surface area contributed by atoms with Crippen molar-refractivity contribution in [3.05, 3.63) is 33.9 Å². The van der Waals surface area contributed by atoms with E-state index in [2.05, 4.69) is 5.32 Å². The minimum Gasteiger partial charge on any atom is -0.481 e. The highest BCUT2D eigenvalue weighted by molar-refractivity contribution is 5.96. The summed E-state index contributed by atoms with van der Waals surface area (Å²) in [7, 11) is 0. The van der Waals surface area contributed by atoms with Crippen molar-refractivity contribution >= 4 is 23.3 Å². The first-order valence-corrected chi connectivity index (χ1v) is 5.84. The molecule has 4 N–H and O–H groups in total. The molecule has 0 saturated carbocycles. The molecule has 0 heterocycles. The first-order valence-electron chi connectivity index (χ1n) is 5.84. The zero-order chi connectivity index (χ0) is 15.3. The average Bonchev–Trinajstić information content (AvgIpc) is 2.37. The number of benzene rings is 1. The second-order valence-electron chi connectivity index (χ2n) is 4.31. The fraction of sp³-hybridized carbons (Fsp3) is 0.333. The summed E-state index contributed by atoms with van der Waals surface area (Å²) in [5.41, 5.74) is 6.01. The summed E-state index contributed by atoms with van der Waals surface area (Å²) in [4.78, 5) is 32.4. The topological polar surface area (TPSA) is 136 Å². The summed E-state index contributed by atoms with van der Waals surface area (Å²) in [5, 5.41) is 21.7. The maximum atomic E-state index is 11.7. The van der Waals surface area contributed by atoms with Gasteiger partial charge in [-0.05, 0) is 25.0 Å². The van der Waals surface area contributed by atoms with Crippen LogP contribution in [-0.2, 0) is 9.59 Å². The first kappa shape index (κ1) is 15.6. The lowest BCUT2D eigenvalue weighted by atomic mass is 10.1. The number of carboxylic acids is 1. The van der Waals surface area contributed by atoms with Crippen LogP contribution in [-0.4, -0.2) is 27.9 Å². The number of hydrogen-bond donors (Lipinski definition) is 3. The van der Waals surface area contributed by atoms with Gasteiger partial charge in [0, 0.05) is 12.5 Å². The number of nitrogens with two attached hydrogens (primary N) is 1. The third-order valence-electron chi connectivity index (χ3n) is 2.61. The van der Waals surface area contributed by atoms with Gasteiger partial charge >= 0.3 is 5.97 Å². The molecular weight excluding hydrogens is 266 g/mol. The number of carbonyl (C=O) groups is 2. The Morgan fingerprint density at radius 2 is 2.15 bits per heavy atom. The number of carbonyl (C=O) groups excluding carboxylic acids is 1. The van der Waals surface area contributed by atoms with E-state index in [9.17, 15) is 19.7 Å². The molecule has 8 nitrogen and oxygen atoms in total. The summed E-state index contributed by atoms with van der Waals surface area (Å²) >= 11 is 0. The standard InChI is InChI=1S/C12H15N3O5/c1-7-2-4-9(10(6-7)15(19)20)14-12(18)8(13)3-5-11(16)17/h2,4,6,8H,3,5,13H2,1H3,(H,14,18)(H,16,17). The number of nitro benzene ring substituents is 1. The molecule has 0 fully saturated rings. The fourth-order valence-electron chi connectivity index (χ4n) is 1.53. The van der Waals surface area contributed by atoms with E-state index in [1.165, 1.54) is 12.1 Å². The molecule has 0 spiro atoms. The lowest BCUT2D eigenvalue weighted by Crippen LogP contribution is -2.36. The van der Waals surface area contributed by atoms with Crippen LogP contribution in [0.25, 0.3) is 0 Å². The van der Waals surface area contributed by atoms with Crippen molar-refractivity contribution in [3.63, 3.8) is 0 Å². The van der Waals surface area contributed by atoms with Gasteiger partial charge in [0.25, 0.3) is 5.69 Å². The Balaban J connectivity index is 2.80. The molecule has 1 aromatic rings. The van der Waals surface area contributed by atoms with Crippen LogP contribution in [0.15, 0.2) is 18.2 Å². The number of aryl methyl sites for hydroxylation is 1. The van der Waals surface area contributed by atoms with Crippen LogP contribution in [0.5, 0.6) is 0 Å². The normalized spacial score (nSPS) is 11.7. The largest absolute Gasteiger partial charge is 0.481 e. The van der Waals surface area contributed by atoms with Crippen LogP contribution >= 0.6 is 0 Å². The van der Waals surface area contributed by atoms with Gasteiger partial charge in [-0.15, -0.1) is 0 Å². The number of carboxylic acid groups (broad SMARTS) is 1. The average molecular weight is 281 g/mol. The van der Waals surface area contributed by atoms with Gasteiger partial charge in [-0.2, -0.15) is 0 Å². The van der Waals surface area contributed by atoms with Crippen LogP contribution in [0.2, 0.25) is 0 Å². The van der Waals surface area contributed by atoms with E-state index < -0.39 is 22.8 Å². The monoisotopic (exact) mass is 281 g/mol. The number of amides is 1. The summed E-state index contributed by atoms with van der Waals surface area (Å²) < 4.78 is 0. The van der Waals surface area contributed by atoms with E-state index in [1.54, 1.807) is 13.0 Å². The Hall–Kier alpha value is -2.48. The maximum Gasteiger partial charge on any atom is 0.303 e. The highest BCUT2D eigenvalue weighted by Crippen LogP contribution is 2.25. The fourth-order valence-corrected chi connectivity index (χ4v) is 1.53. The number of nitrogens with one attached hydrogen (secondary N) is 1. The van der Waals surface area contributed by atoms with Crippen molar-refractivity contribution in [2.24, 2.45) is 5.73 Å². The Morgan fingerprint density at radius 3 is 2.70 bits per heavy atom. The van der Waals surface area contributed by atoms with Gasteiger partial charge in [-0.1, -0.05) is 6.07 Å². The summed E-state index contributed by atoms with van der Waals surface area (Å²) in [6.45, 7) is 1.69. The minimum absolute atomic E-state index is 0.0383. The van der Waals surface area contributed by atoms with Gasteiger partial charge in [-0.3, -0.25) is 19.7 Å². The van der Waals surface area contributed by atoms with Crippen LogP contribution < -0.4 is 11.1 Å². The molecule has 0 aliphatic rings. The van der Waals surface area contributed by atoms with Gasteiger partial charge in [-0.25, -0.2) is 0 Å². The number of nitrogens with zero attached hydrogens (tertiary/aromatic N) is 1. The Morgan fingerprint density at radius 1 is 1.50 bits per heavy atom. The first-order chi connectivity index (χ1) is 9.31. The molecule has 1 rings (SSSR count). The van der Waals surface area contributed by atoms with Gasteiger partial charge in [0.05, 0.1) is 11.0 Å². The zero-order valence-corrected chi connectivity index (χ0v) is 10.8. The van der Waals surface area contributed by atoms with Crippen LogP contribution in [0, 0.1) is 17.0 Å². The van der Waals surface area contributed by atoms with E-state index >= 15 is 0 Å². The summed E-state index contributed by atoms with van der Waals surface area (Å²) in [6.07, 6.45) is -0.286. The Kier molecular flexibility index (Phi) is 5.15. The Labute approximate surface area is 114 Å². The van der Waals surface area contributed by atoms with E-state index in [0.717, 1.165) is 0 Å². The molecule has 0 aromatic heterocycles. The van der Waals surface area contributed by atoms with Gasteiger partial charge in [0.1, 0.15) is 5.69 Å². The third-order valence-corrected chi connectivity index (χ3v) is 2.61. The van der Waals surface area contributed by atoms with Gasteiger partial charge in [0.15, 0.2) is 0 Å². The highest BCUT2D eigenvalue weighted by Gasteiger charge is 2.20. The smallest absolute Gasteiger partial charge is 0.303 e. The highest BCUT2D eigenvalue weighted by atomic mass is 16.6. The van der Waals surface area contributed by atoms with Crippen molar-refractivity contribution in [2.75, 3.05) is 5.32 Å². The molecule has 0 radical (unpaired) electrons. The zero-order valence-electron chi connectivity index (χ0n) is 10.8. The van der Waals surface area contributed by atoms with Crippen LogP contribution in [0.4, 0.5) is 11.4 Å². The van der Waals surface area contributed by atoms with E-state index in [1.807, 2.05) is 0 Å². The second kappa shape index (κ2) is 6.62. The molecule has 0 saturated heterocycles. The van der Waals surface area contributed by atoms with Crippen molar-refractivity contribution in [2.45, 2.75) is 25.8 Å². The molecule has 1 amide bonds. The molecule has 0 bridgehead atoms. The SMILES string of the molecule is Cc1ccc(NC(=O)C(N)CCC(=O)O)c([N+](=O)[O-])c1. The maximum absolute atomic E-state index is 11.7. The molecule has 1 atom stereocenters. The molecule has 20 heavy (non-hydrogen) atoms. The van der Waals surface area contributed by atoms with Crippen molar-refractivity contribution in [1.82, 2.24) is 0 Å². The van der Waals surface area contributed by atoms with Crippen LogP contribution in [0.1, 0.15) is 18.4 Å². The lowest BCUT2D eigenvalue weighted by Gasteiger charge is -2.11. The number of rotatable bonds is 6. The number of aliphatic carboxylic acids is 1. The molecule has 108 valence electrons. The van der Waals surface area contributed by atoms with E-state index in [4.69, 9.17) is 10.8 Å². The van der Waals surface area contributed by atoms with Crippen molar-refractivity contribution in [1.29, 1.82) is 0 Å². The lowest BCUT2D eigenvalue weighted by molar-refractivity contribution is -0.384. The van der Waals surface area contributed by atoms with Crippen molar-refractivity contribution in [3.8, 4) is 0 Å². The van der Waals surface area contributed by atoms with E-state index in [-0.39, 0.29) is 24.2 Å². The molecule has 1 unspecified atom stereocenters. The number of hydrogen-bond acceptors (Lipinski definition) is 5. The molecule has 0 aliphatic heterocycles. The van der Waals surface area contributed by atoms with Gasteiger partial charge in [0.2, 0.25) is 5.91 Å². The third kappa shape index (κ3) is 4.32. The number of nitro groups is 1. The predicted octanol–water partition coefficient (Wildman–Crippen LogP) is 1.03. The molecule has 8 heteroatoms. The molecule has 0 aliphatic carbocycles. The summed E-state index contributed by atoms with van der Waals surface area (Å²) in [5.74, 6) is -1.72. The second-order valence-corrected chi connectivity index (χ2v) is 4.31. The quantitative estimate of drug-likeness (QED) is 0.526. The Bertz CT molecular complexity index is 544. The van der Waals surface area contributed by atoms with Crippen molar-refractivity contribution < 1.29 is 19.6 Å². The molecular formula is C12H15N3O5. The van der Waals surface area contributed by atoms with Gasteiger partial charge < -0.3 is 16.2 Å². The van der Waals surface area contributed by atoms with E-state index in [0.29, 0.717) is 5.56 Å². The van der Waals surface area contributed by atoms with Crippen LogP contribution in [0.3, 0.4) is 0 Å².